The van der Waals surface area contributed by atoms with Gasteiger partial charge in [-0.05, 0) is 47.5 Å². The highest BCUT2D eigenvalue weighted by Crippen LogP contribution is 2.38. The lowest BCUT2D eigenvalue weighted by Gasteiger charge is -2.54. The Labute approximate surface area is 110 Å². The van der Waals surface area contributed by atoms with Gasteiger partial charge in [0.15, 0.2) is 0 Å². The van der Waals surface area contributed by atoms with Crippen LogP contribution in [0.15, 0.2) is 12.3 Å². The average molecular weight is 255 g/mol. The van der Waals surface area contributed by atoms with E-state index in [9.17, 15) is 9.90 Å². The average Bonchev–Trinajstić information content (AvgIpc) is 2.12. The number of carbonyl (C=O) groups excluding carboxylic acids is 1. The molecular formula is C14H25NO3. The number of rotatable bonds is 3. The molecule has 0 aromatic heterocycles. The summed E-state index contributed by atoms with van der Waals surface area (Å²) >= 11 is 0. The largest absolute Gasteiger partial charge is 0.463 e. The highest BCUT2D eigenvalue weighted by molar-refractivity contribution is 5.81. The fourth-order valence-corrected chi connectivity index (χ4v) is 2.97. The Morgan fingerprint density at radius 3 is 2.28 bits per heavy atom. The van der Waals surface area contributed by atoms with E-state index in [0.29, 0.717) is 19.4 Å². The molecule has 1 heterocycles. The molecule has 18 heavy (non-hydrogen) atoms. The van der Waals surface area contributed by atoms with Crippen molar-refractivity contribution in [3.05, 3.63) is 12.3 Å². The Bertz CT molecular complexity index is 316. The third-order valence-corrected chi connectivity index (χ3v) is 3.42. The van der Waals surface area contributed by atoms with Crippen LogP contribution in [-0.2, 0) is 9.53 Å². The lowest BCUT2D eigenvalue weighted by atomic mass is 9.78. The molecule has 1 N–H and O–H groups in total. The maximum atomic E-state index is 11.4. The summed E-state index contributed by atoms with van der Waals surface area (Å²) in [7, 11) is 0. The number of aliphatic hydroxyl groups is 1. The molecule has 0 unspecified atom stereocenters. The summed E-state index contributed by atoms with van der Waals surface area (Å²) in [6.45, 7) is 10.5. The van der Waals surface area contributed by atoms with Crippen molar-refractivity contribution in [3.63, 3.8) is 0 Å². The molecule has 0 aliphatic carbocycles. The molecule has 1 aliphatic rings. The molecule has 0 aromatic carbocycles. The molecule has 0 radical (unpaired) electrons. The van der Waals surface area contributed by atoms with Gasteiger partial charge in [0.05, 0.1) is 12.7 Å². The molecule has 1 aliphatic heterocycles. The summed E-state index contributed by atoms with van der Waals surface area (Å²) in [5.74, 6) is -0.324. The molecule has 0 amide bonds. The van der Waals surface area contributed by atoms with E-state index >= 15 is 0 Å². The summed E-state index contributed by atoms with van der Waals surface area (Å²) in [5, 5.41) is 9.92. The Morgan fingerprint density at radius 1 is 1.33 bits per heavy atom. The lowest BCUT2D eigenvalue weighted by Crippen LogP contribution is -2.59. The number of esters is 1. The highest BCUT2D eigenvalue weighted by Gasteiger charge is 2.43. The number of aliphatic hydroxyl groups excluding tert-OH is 1. The molecule has 1 rings (SSSR count). The first-order valence-corrected chi connectivity index (χ1v) is 6.51. The van der Waals surface area contributed by atoms with Crippen molar-refractivity contribution >= 4 is 5.97 Å². The number of ether oxygens (including phenoxy) is 1. The zero-order chi connectivity index (χ0) is 14.0. The van der Waals surface area contributed by atoms with Crippen LogP contribution in [0, 0.1) is 0 Å². The first kappa shape index (κ1) is 15.0. The van der Waals surface area contributed by atoms with Crippen molar-refractivity contribution < 1.29 is 14.6 Å². The zero-order valence-corrected chi connectivity index (χ0v) is 12.1. The maximum absolute atomic E-state index is 11.4. The van der Waals surface area contributed by atoms with Crippen LogP contribution in [0.1, 0.15) is 47.5 Å². The topological polar surface area (TPSA) is 49.8 Å². The number of likely N-dealkylation sites (tertiary alicyclic amines) is 1. The Balaban J connectivity index is 2.86. The molecule has 104 valence electrons. The Kier molecular flexibility index (Phi) is 4.43. The van der Waals surface area contributed by atoms with Gasteiger partial charge >= 0.3 is 5.97 Å². The second kappa shape index (κ2) is 5.31. The summed E-state index contributed by atoms with van der Waals surface area (Å²) in [6.07, 6.45) is 4.36. The number of piperidine rings is 1. The predicted molar refractivity (Wildman–Crippen MR) is 71.0 cm³/mol. The van der Waals surface area contributed by atoms with Gasteiger partial charge < -0.3 is 14.7 Å². The molecular weight excluding hydrogens is 230 g/mol. The first-order chi connectivity index (χ1) is 8.19. The monoisotopic (exact) mass is 255 g/mol. The van der Waals surface area contributed by atoms with Gasteiger partial charge in [0.25, 0.3) is 0 Å². The van der Waals surface area contributed by atoms with Crippen LogP contribution < -0.4 is 0 Å². The molecule has 1 fully saturated rings. The number of nitrogens with zero attached hydrogens (tertiary/aromatic N) is 1. The highest BCUT2D eigenvalue weighted by atomic mass is 16.5. The lowest BCUT2D eigenvalue weighted by molar-refractivity contribution is -0.137. The second-order valence-electron chi connectivity index (χ2n) is 6.12. The molecule has 0 bridgehead atoms. The van der Waals surface area contributed by atoms with Gasteiger partial charge in [-0.3, -0.25) is 0 Å². The van der Waals surface area contributed by atoms with Gasteiger partial charge in [0.1, 0.15) is 0 Å². The summed E-state index contributed by atoms with van der Waals surface area (Å²) < 4.78 is 4.89. The van der Waals surface area contributed by atoms with Crippen molar-refractivity contribution in [2.24, 2.45) is 0 Å². The van der Waals surface area contributed by atoms with Gasteiger partial charge in [-0.2, -0.15) is 0 Å². The molecule has 4 heteroatoms. The molecule has 0 spiro atoms. The van der Waals surface area contributed by atoms with Crippen LogP contribution in [0.4, 0.5) is 0 Å². The quantitative estimate of drug-likeness (QED) is 0.619. The van der Waals surface area contributed by atoms with Crippen molar-refractivity contribution in [3.8, 4) is 0 Å². The van der Waals surface area contributed by atoms with Crippen molar-refractivity contribution in [1.82, 2.24) is 4.90 Å². The maximum Gasteiger partial charge on any atom is 0.332 e. The van der Waals surface area contributed by atoms with E-state index < -0.39 is 0 Å². The minimum Gasteiger partial charge on any atom is -0.463 e. The van der Waals surface area contributed by atoms with Crippen LogP contribution in [0.2, 0.25) is 0 Å². The predicted octanol–water partition coefficient (Wildman–Crippen LogP) is 2.08. The van der Waals surface area contributed by atoms with E-state index in [-0.39, 0.29) is 23.2 Å². The normalized spacial score (nSPS) is 23.3. The van der Waals surface area contributed by atoms with E-state index in [1.807, 2.05) is 0 Å². The molecule has 0 saturated carbocycles. The van der Waals surface area contributed by atoms with Crippen LogP contribution >= 0.6 is 0 Å². The van der Waals surface area contributed by atoms with Crippen molar-refractivity contribution in [2.45, 2.75) is 64.6 Å². The van der Waals surface area contributed by atoms with E-state index in [4.69, 9.17) is 4.74 Å². The molecule has 0 aromatic rings. The van der Waals surface area contributed by atoms with Gasteiger partial charge in [-0.25, -0.2) is 4.79 Å². The van der Waals surface area contributed by atoms with Crippen LogP contribution in [0.3, 0.4) is 0 Å². The summed E-state index contributed by atoms with van der Waals surface area (Å²) in [5.41, 5.74) is -0.353. The van der Waals surface area contributed by atoms with Gasteiger partial charge in [-0.15, -0.1) is 0 Å². The first-order valence-electron chi connectivity index (χ1n) is 6.51. The fraction of sp³-hybridized carbons (Fsp3) is 0.786. The van der Waals surface area contributed by atoms with E-state index in [1.54, 1.807) is 13.1 Å². The van der Waals surface area contributed by atoms with Crippen molar-refractivity contribution in [1.29, 1.82) is 0 Å². The van der Waals surface area contributed by atoms with Crippen LogP contribution in [0.5, 0.6) is 0 Å². The SMILES string of the molecule is CCOC(=O)C=CN1C(C)(C)CC(O)CC1(C)C. The van der Waals surface area contributed by atoms with Crippen molar-refractivity contribution in [2.75, 3.05) is 6.61 Å². The van der Waals surface area contributed by atoms with Crippen LogP contribution in [0.25, 0.3) is 0 Å². The van der Waals surface area contributed by atoms with Crippen LogP contribution in [-0.4, -0.2) is 39.8 Å². The van der Waals surface area contributed by atoms with E-state index in [0.717, 1.165) is 0 Å². The third-order valence-electron chi connectivity index (χ3n) is 3.42. The van der Waals surface area contributed by atoms with E-state index in [1.165, 1.54) is 6.08 Å². The molecule has 4 nitrogen and oxygen atoms in total. The second-order valence-corrected chi connectivity index (χ2v) is 6.12. The molecule has 0 atom stereocenters. The standard InChI is InChI=1S/C14H25NO3/c1-6-18-12(17)7-8-15-13(2,3)9-11(16)10-14(15,4)5/h7-8,11,16H,6,9-10H2,1-5H3. The number of hydrogen-bond donors (Lipinski definition) is 1. The van der Waals surface area contributed by atoms with Gasteiger partial charge in [0, 0.05) is 23.4 Å². The minimum atomic E-state index is -0.324. The summed E-state index contributed by atoms with van der Waals surface area (Å²) in [6, 6.07) is 0. The molecule has 1 saturated heterocycles. The number of carbonyl (C=O) groups is 1. The number of hydrogen-bond acceptors (Lipinski definition) is 4. The fourth-order valence-electron chi connectivity index (χ4n) is 2.97. The van der Waals surface area contributed by atoms with Gasteiger partial charge in [0.2, 0.25) is 0 Å². The Morgan fingerprint density at radius 2 is 1.83 bits per heavy atom. The third kappa shape index (κ3) is 3.48. The Hall–Kier alpha value is -1.03. The zero-order valence-electron chi connectivity index (χ0n) is 12.1. The van der Waals surface area contributed by atoms with E-state index in [2.05, 4.69) is 32.6 Å². The summed E-state index contributed by atoms with van der Waals surface area (Å²) in [4.78, 5) is 13.5. The minimum absolute atomic E-state index is 0.176. The van der Waals surface area contributed by atoms with Gasteiger partial charge in [-0.1, -0.05) is 0 Å². The smallest absolute Gasteiger partial charge is 0.332 e.